The summed E-state index contributed by atoms with van der Waals surface area (Å²) in [5.41, 5.74) is 6.87. The third kappa shape index (κ3) is 2.91. The average molecular weight is 256 g/mol. The maximum absolute atomic E-state index is 10.9. The molecule has 1 aromatic rings. The van der Waals surface area contributed by atoms with E-state index in [9.17, 15) is 9.90 Å². The molecular formula is C11H16N2O3S. The number of aliphatic hydroxyl groups is 1. The fourth-order valence-electron chi connectivity index (χ4n) is 2.10. The zero-order valence-corrected chi connectivity index (χ0v) is 10.2. The van der Waals surface area contributed by atoms with E-state index in [0.717, 1.165) is 11.8 Å². The van der Waals surface area contributed by atoms with Gasteiger partial charge in [0.1, 0.15) is 6.29 Å². The summed E-state index contributed by atoms with van der Waals surface area (Å²) in [6, 6.07) is 1.19. The van der Waals surface area contributed by atoms with Gasteiger partial charge in [-0.15, -0.1) is 0 Å². The van der Waals surface area contributed by atoms with Crippen LogP contribution in [0.15, 0.2) is 16.8 Å². The third-order valence-corrected chi connectivity index (χ3v) is 3.58. The summed E-state index contributed by atoms with van der Waals surface area (Å²) >= 11 is 1.57. The van der Waals surface area contributed by atoms with Crippen molar-refractivity contribution in [1.82, 2.24) is 4.90 Å². The molecule has 0 saturated carbocycles. The largest absolute Gasteiger partial charge is 0.367 e. The Morgan fingerprint density at radius 3 is 3.12 bits per heavy atom. The van der Waals surface area contributed by atoms with Crippen molar-refractivity contribution in [2.75, 3.05) is 19.7 Å². The highest BCUT2D eigenvalue weighted by atomic mass is 32.1. The summed E-state index contributed by atoms with van der Waals surface area (Å²) in [7, 11) is 0. The minimum Gasteiger partial charge on any atom is -0.367 e. The van der Waals surface area contributed by atoms with E-state index in [4.69, 9.17) is 10.5 Å². The molecule has 1 saturated heterocycles. The molecule has 0 aromatic carbocycles. The topological polar surface area (TPSA) is 75.8 Å². The number of nitrogens with two attached hydrogens (primary N) is 1. The molecule has 0 bridgehead atoms. The number of aldehydes is 1. The Hall–Kier alpha value is -0.790. The number of thiophene rings is 1. The van der Waals surface area contributed by atoms with Crippen LogP contribution in [0.4, 0.5) is 0 Å². The van der Waals surface area contributed by atoms with E-state index < -0.39 is 12.3 Å². The molecule has 1 aromatic heterocycles. The van der Waals surface area contributed by atoms with Gasteiger partial charge in [-0.25, -0.2) is 0 Å². The first kappa shape index (κ1) is 12.7. The molecule has 6 heteroatoms. The number of rotatable bonds is 4. The van der Waals surface area contributed by atoms with E-state index in [2.05, 4.69) is 0 Å². The Balaban J connectivity index is 2.18. The first-order valence-electron chi connectivity index (χ1n) is 5.49. The Morgan fingerprint density at radius 1 is 1.71 bits per heavy atom. The molecule has 0 spiro atoms. The molecule has 3 N–H and O–H groups in total. The maximum Gasteiger partial charge on any atom is 0.167 e. The standard InChI is InChI=1S/C11H16N2O3S/c12-9(6-14)11(8-1-4-17-7-8)13-2-3-16-10(15)5-13/h1,4,6-7,9-11,15H,2-3,5,12H2. The van der Waals surface area contributed by atoms with E-state index >= 15 is 0 Å². The van der Waals surface area contributed by atoms with Gasteiger partial charge in [0.25, 0.3) is 0 Å². The van der Waals surface area contributed by atoms with Gasteiger partial charge in [-0.2, -0.15) is 11.3 Å². The smallest absolute Gasteiger partial charge is 0.167 e. The maximum atomic E-state index is 10.9. The lowest BCUT2D eigenvalue weighted by Crippen LogP contribution is -2.49. The van der Waals surface area contributed by atoms with Gasteiger partial charge in [0, 0.05) is 6.54 Å². The quantitative estimate of drug-likeness (QED) is 0.740. The summed E-state index contributed by atoms with van der Waals surface area (Å²) in [6.07, 6.45) is -0.0480. The van der Waals surface area contributed by atoms with Crippen LogP contribution < -0.4 is 5.73 Å². The highest BCUT2D eigenvalue weighted by molar-refractivity contribution is 7.07. The highest BCUT2D eigenvalue weighted by Crippen LogP contribution is 2.26. The first-order valence-corrected chi connectivity index (χ1v) is 6.43. The second-order valence-electron chi connectivity index (χ2n) is 4.04. The molecule has 3 atom stereocenters. The van der Waals surface area contributed by atoms with Crippen LogP contribution in [-0.2, 0) is 9.53 Å². The van der Waals surface area contributed by atoms with Crippen molar-refractivity contribution < 1.29 is 14.6 Å². The Bertz CT molecular complexity index is 358. The molecule has 1 aliphatic heterocycles. The molecule has 94 valence electrons. The molecule has 17 heavy (non-hydrogen) atoms. The zero-order chi connectivity index (χ0) is 12.3. The Morgan fingerprint density at radius 2 is 2.53 bits per heavy atom. The zero-order valence-electron chi connectivity index (χ0n) is 9.36. The number of ether oxygens (including phenoxy) is 1. The molecular weight excluding hydrogens is 240 g/mol. The van der Waals surface area contributed by atoms with Gasteiger partial charge in [-0.3, -0.25) is 4.90 Å². The van der Waals surface area contributed by atoms with Crippen molar-refractivity contribution in [3.8, 4) is 0 Å². The van der Waals surface area contributed by atoms with E-state index in [-0.39, 0.29) is 6.04 Å². The predicted octanol–water partition coefficient (Wildman–Crippen LogP) is -0.0340. The van der Waals surface area contributed by atoms with E-state index in [0.29, 0.717) is 19.7 Å². The average Bonchev–Trinajstić information content (AvgIpc) is 2.83. The molecule has 1 fully saturated rings. The summed E-state index contributed by atoms with van der Waals surface area (Å²) in [6.45, 7) is 1.49. The number of carbonyl (C=O) groups excluding carboxylic acids is 1. The van der Waals surface area contributed by atoms with E-state index in [1.807, 2.05) is 21.7 Å². The number of hydrogen-bond acceptors (Lipinski definition) is 6. The van der Waals surface area contributed by atoms with Crippen molar-refractivity contribution in [1.29, 1.82) is 0 Å². The van der Waals surface area contributed by atoms with Crippen molar-refractivity contribution in [3.05, 3.63) is 22.4 Å². The summed E-state index contributed by atoms with van der Waals surface area (Å²) < 4.78 is 5.08. The Labute approximate surface area is 104 Å². The fraction of sp³-hybridized carbons (Fsp3) is 0.545. The highest BCUT2D eigenvalue weighted by Gasteiger charge is 2.30. The number of aliphatic hydroxyl groups excluding tert-OH is 1. The molecule has 0 aliphatic carbocycles. The van der Waals surface area contributed by atoms with Crippen molar-refractivity contribution >= 4 is 17.6 Å². The molecule has 5 nitrogen and oxygen atoms in total. The summed E-state index contributed by atoms with van der Waals surface area (Å²) in [5.74, 6) is 0. The lowest BCUT2D eigenvalue weighted by Gasteiger charge is -2.37. The van der Waals surface area contributed by atoms with Crippen molar-refractivity contribution in [3.63, 3.8) is 0 Å². The van der Waals surface area contributed by atoms with Gasteiger partial charge in [-0.05, 0) is 22.4 Å². The monoisotopic (exact) mass is 256 g/mol. The van der Waals surface area contributed by atoms with Crippen molar-refractivity contribution in [2.45, 2.75) is 18.4 Å². The lowest BCUT2D eigenvalue weighted by molar-refractivity contribution is -0.155. The molecule has 1 aliphatic rings. The van der Waals surface area contributed by atoms with Gasteiger partial charge >= 0.3 is 0 Å². The van der Waals surface area contributed by atoms with E-state index in [1.165, 1.54) is 0 Å². The van der Waals surface area contributed by atoms with Crippen LogP contribution in [0.5, 0.6) is 0 Å². The predicted molar refractivity (Wildman–Crippen MR) is 64.6 cm³/mol. The van der Waals surface area contributed by atoms with Gasteiger partial charge in [0.15, 0.2) is 6.29 Å². The van der Waals surface area contributed by atoms with Gasteiger partial charge in [0.2, 0.25) is 0 Å². The molecule has 2 heterocycles. The first-order chi connectivity index (χ1) is 8.22. The van der Waals surface area contributed by atoms with Crippen LogP contribution >= 0.6 is 11.3 Å². The lowest BCUT2D eigenvalue weighted by atomic mass is 10.0. The van der Waals surface area contributed by atoms with Gasteiger partial charge < -0.3 is 20.4 Å². The van der Waals surface area contributed by atoms with Gasteiger partial charge in [-0.1, -0.05) is 0 Å². The molecule has 0 radical (unpaired) electrons. The third-order valence-electron chi connectivity index (χ3n) is 2.88. The van der Waals surface area contributed by atoms with Crippen LogP contribution in [0, 0.1) is 0 Å². The van der Waals surface area contributed by atoms with Gasteiger partial charge in [0.05, 0.1) is 25.2 Å². The van der Waals surface area contributed by atoms with Crippen LogP contribution in [0.2, 0.25) is 0 Å². The molecule has 0 amide bonds. The van der Waals surface area contributed by atoms with E-state index in [1.54, 1.807) is 11.3 Å². The van der Waals surface area contributed by atoms with Crippen LogP contribution in [0.1, 0.15) is 11.6 Å². The number of β-amino-alcohol motifs (C(OH)–C–C–N with tert-alkyl or cyclic N) is 1. The summed E-state index contributed by atoms with van der Waals surface area (Å²) in [5, 5.41) is 13.4. The van der Waals surface area contributed by atoms with Crippen LogP contribution in [0.25, 0.3) is 0 Å². The number of carbonyl (C=O) groups is 1. The Kier molecular flexibility index (Phi) is 4.25. The summed E-state index contributed by atoms with van der Waals surface area (Å²) in [4.78, 5) is 12.9. The number of hydrogen-bond donors (Lipinski definition) is 2. The normalized spacial score (nSPS) is 25.4. The van der Waals surface area contributed by atoms with Crippen LogP contribution in [0.3, 0.4) is 0 Å². The minimum atomic E-state index is -0.802. The number of morpholine rings is 1. The second kappa shape index (κ2) is 5.70. The van der Waals surface area contributed by atoms with Crippen molar-refractivity contribution in [2.24, 2.45) is 5.73 Å². The fourth-order valence-corrected chi connectivity index (χ4v) is 2.79. The second-order valence-corrected chi connectivity index (χ2v) is 4.82. The minimum absolute atomic E-state index is 0.183. The molecule has 3 unspecified atom stereocenters. The number of nitrogens with zero attached hydrogens (tertiary/aromatic N) is 1. The van der Waals surface area contributed by atoms with Crippen LogP contribution in [-0.4, -0.2) is 48.3 Å². The molecule has 2 rings (SSSR count). The SMILES string of the molecule is NC(C=O)C(c1ccsc1)N1CCOC(O)C1.